The van der Waals surface area contributed by atoms with E-state index in [0.29, 0.717) is 37.4 Å². The molecule has 0 radical (unpaired) electrons. The summed E-state index contributed by atoms with van der Waals surface area (Å²) in [7, 11) is 1.33. The Hall–Kier alpha value is -1.88. The first-order chi connectivity index (χ1) is 8.72. The highest BCUT2D eigenvalue weighted by molar-refractivity contribution is 5.96. The molecular weight excluding hydrogens is 234 g/mol. The van der Waals surface area contributed by atoms with Gasteiger partial charge in [-0.05, 0) is 24.3 Å². The number of hydrogen-bond acceptors (Lipinski definition) is 4. The van der Waals surface area contributed by atoms with E-state index >= 15 is 0 Å². The monoisotopic (exact) mass is 249 g/mol. The molecular formula is C13H15NO4. The van der Waals surface area contributed by atoms with E-state index in [9.17, 15) is 9.59 Å². The van der Waals surface area contributed by atoms with Gasteiger partial charge in [0.15, 0.2) is 0 Å². The Morgan fingerprint density at radius 1 is 1.11 bits per heavy atom. The molecule has 5 nitrogen and oxygen atoms in total. The molecule has 1 saturated heterocycles. The van der Waals surface area contributed by atoms with Crippen LogP contribution in [0, 0.1) is 0 Å². The maximum atomic E-state index is 12.1. The lowest BCUT2D eigenvalue weighted by Gasteiger charge is -2.26. The van der Waals surface area contributed by atoms with Gasteiger partial charge >= 0.3 is 5.97 Å². The fourth-order valence-electron chi connectivity index (χ4n) is 1.82. The van der Waals surface area contributed by atoms with Crippen LogP contribution in [0.3, 0.4) is 0 Å². The third-order valence-corrected chi connectivity index (χ3v) is 2.85. The maximum absolute atomic E-state index is 12.1. The lowest BCUT2D eigenvalue weighted by Crippen LogP contribution is -2.40. The van der Waals surface area contributed by atoms with Crippen LogP contribution in [0.2, 0.25) is 0 Å². The van der Waals surface area contributed by atoms with E-state index in [4.69, 9.17) is 4.74 Å². The van der Waals surface area contributed by atoms with Gasteiger partial charge in [0, 0.05) is 18.7 Å². The average Bonchev–Trinajstić information content (AvgIpc) is 2.47. The average molecular weight is 249 g/mol. The summed E-state index contributed by atoms with van der Waals surface area (Å²) in [6, 6.07) is 6.48. The Morgan fingerprint density at radius 2 is 1.67 bits per heavy atom. The van der Waals surface area contributed by atoms with Crippen LogP contribution in [0.4, 0.5) is 0 Å². The molecule has 1 heterocycles. The van der Waals surface area contributed by atoms with Crippen molar-refractivity contribution in [1.29, 1.82) is 0 Å². The second-order valence-electron chi connectivity index (χ2n) is 3.97. The Labute approximate surface area is 105 Å². The largest absolute Gasteiger partial charge is 0.465 e. The van der Waals surface area contributed by atoms with Crippen LogP contribution in [-0.2, 0) is 9.47 Å². The molecule has 2 rings (SSSR count). The standard InChI is InChI=1S/C13H15NO4/c1-17-13(16)11-4-2-10(3-5-11)12(15)14-6-8-18-9-7-14/h2-5H,6-9H2,1H3. The summed E-state index contributed by atoms with van der Waals surface area (Å²) >= 11 is 0. The zero-order chi connectivity index (χ0) is 13.0. The molecule has 1 amide bonds. The molecule has 0 bridgehead atoms. The van der Waals surface area contributed by atoms with Crippen LogP contribution in [0.5, 0.6) is 0 Å². The van der Waals surface area contributed by atoms with Gasteiger partial charge < -0.3 is 14.4 Å². The fourth-order valence-corrected chi connectivity index (χ4v) is 1.82. The lowest BCUT2D eigenvalue weighted by molar-refractivity contribution is 0.0302. The van der Waals surface area contributed by atoms with Crippen LogP contribution < -0.4 is 0 Å². The Kier molecular flexibility index (Phi) is 3.94. The summed E-state index contributed by atoms with van der Waals surface area (Å²) in [5.74, 6) is -0.435. The third kappa shape index (κ3) is 2.68. The SMILES string of the molecule is COC(=O)c1ccc(C(=O)N2CCOCC2)cc1. The molecule has 0 spiro atoms. The van der Waals surface area contributed by atoms with E-state index in [1.165, 1.54) is 7.11 Å². The van der Waals surface area contributed by atoms with Crippen LogP contribution in [0.1, 0.15) is 20.7 Å². The number of methoxy groups -OCH3 is 1. The van der Waals surface area contributed by atoms with Gasteiger partial charge in [-0.1, -0.05) is 0 Å². The summed E-state index contributed by atoms with van der Waals surface area (Å²) in [5.41, 5.74) is 1.01. The first kappa shape index (κ1) is 12.6. The minimum Gasteiger partial charge on any atom is -0.465 e. The molecule has 96 valence electrons. The zero-order valence-corrected chi connectivity index (χ0v) is 10.2. The van der Waals surface area contributed by atoms with Gasteiger partial charge in [-0.15, -0.1) is 0 Å². The molecule has 0 unspecified atom stereocenters. The molecule has 0 N–H and O–H groups in total. The molecule has 0 atom stereocenters. The van der Waals surface area contributed by atoms with E-state index in [1.54, 1.807) is 29.2 Å². The number of hydrogen-bond donors (Lipinski definition) is 0. The van der Waals surface area contributed by atoms with Crippen molar-refractivity contribution in [3.05, 3.63) is 35.4 Å². The second-order valence-corrected chi connectivity index (χ2v) is 3.97. The molecule has 0 aliphatic carbocycles. The Morgan fingerprint density at radius 3 is 2.22 bits per heavy atom. The quantitative estimate of drug-likeness (QED) is 0.732. The van der Waals surface area contributed by atoms with Crippen molar-refractivity contribution in [2.75, 3.05) is 33.4 Å². The molecule has 1 aromatic carbocycles. The first-order valence-electron chi connectivity index (χ1n) is 5.78. The Bertz CT molecular complexity index is 435. The van der Waals surface area contributed by atoms with Gasteiger partial charge in [0.25, 0.3) is 5.91 Å². The van der Waals surface area contributed by atoms with E-state index < -0.39 is 5.97 Å². The van der Waals surface area contributed by atoms with Crippen molar-refractivity contribution >= 4 is 11.9 Å². The number of benzene rings is 1. The van der Waals surface area contributed by atoms with Crippen LogP contribution in [0.25, 0.3) is 0 Å². The highest BCUT2D eigenvalue weighted by Gasteiger charge is 2.18. The zero-order valence-electron chi connectivity index (χ0n) is 10.2. The number of nitrogens with zero attached hydrogens (tertiary/aromatic N) is 1. The van der Waals surface area contributed by atoms with Gasteiger partial charge in [-0.2, -0.15) is 0 Å². The van der Waals surface area contributed by atoms with E-state index in [-0.39, 0.29) is 5.91 Å². The molecule has 1 aliphatic heterocycles. The summed E-state index contributed by atoms with van der Waals surface area (Å²) in [5, 5.41) is 0. The minimum atomic E-state index is -0.402. The number of morpholine rings is 1. The highest BCUT2D eigenvalue weighted by Crippen LogP contribution is 2.10. The number of carbonyl (C=O) groups is 2. The number of carbonyl (C=O) groups excluding carboxylic acids is 2. The third-order valence-electron chi connectivity index (χ3n) is 2.85. The van der Waals surface area contributed by atoms with Crippen molar-refractivity contribution in [3.63, 3.8) is 0 Å². The summed E-state index contributed by atoms with van der Waals surface area (Å²) in [6.45, 7) is 2.37. The number of amides is 1. The smallest absolute Gasteiger partial charge is 0.337 e. The minimum absolute atomic E-state index is 0.0327. The van der Waals surface area contributed by atoms with Gasteiger partial charge in [-0.3, -0.25) is 4.79 Å². The summed E-state index contributed by atoms with van der Waals surface area (Å²) in [4.78, 5) is 25.1. The van der Waals surface area contributed by atoms with Gasteiger partial charge in [-0.25, -0.2) is 4.79 Å². The number of esters is 1. The summed E-state index contributed by atoms with van der Waals surface area (Å²) in [6.07, 6.45) is 0. The van der Waals surface area contributed by atoms with E-state index in [2.05, 4.69) is 4.74 Å². The predicted octanol–water partition coefficient (Wildman–Crippen LogP) is 0.946. The van der Waals surface area contributed by atoms with Gasteiger partial charge in [0.2, 0.25) is 0 Å². The fraction of sp³-hybridized carbons (Fsp3) is 0.385. The molecule has 5 heteroatoms. The molecule has 18 heavy (non-hydrogen) atoms. The predicted molar refractivity (Wildman–Crippen MR) is 64.5 cm³/mol. The van der Waals surface area contributed by atoms with Crippen molar-refractivity contribution in [2.24, 2.45) is 0 Å². The Balaban J connectivity index is 2.08. The van der Waals surface area contributed by atoms with E-state index in [1.807, 2.05) is 0 Å². The molecule has 0 aromatic heterocycles. The highest BCUT2D eigenvalue weighted by atomic mass is 16.5. The van der Waals surface area contributed by atoms with Crippen LogP contribution in [-0.4, -0.2) is 50.2 Å². The van der Waals surface area contributed by atoms with Crippen LogP contribution in [0.15, 0.2) is 24.3 Å². The van der Waals surface area contributed by atoms with Crippen molar-refractivity contribution in [2.45, 2.75) is 0 Å². The molecule has 1 fully saturated rings. The van der Waals surface area contributed by atoms with Crippen molar-refractivity contribution in [1.82, 2.24) is 4.90 Å². The van der Waals surface area contributed by atoms with Gasteiger partial charge in [0.05, 0.1) is 25.9 Å². The maximum Gasteiger partial charge on any atom is 0.337 e. The number of ether oxygens (including phenoxy) is 2. The lowest BCUT2D eigenvalue weighted by atomic mass is 10.1. The topological polar surface area (TPSA) is 55.8 Å². The normalized spacial score (nSPS) is 15.3. The van der Waals surface area contributed by atoms with Crippen LogP contribution >= 0.6 is 0 Å². The molecule has 0 saturated carbocycles. The molecule has 1 aliphatic rings. The summed E-state index contributed by atoms with van der Waals surface area (Å²) < 4.78 is 9.80. The molecule has 1 aromatic rings. The van der Waals surface area contributed by atoms with Gasteiger partial charge in [0.1, 0.15) is 0 Å². The van der Waals surface area contributed by atoms with Crippen molar-refractivity contribution in [3.8, 4) is 0 Å². The second kappa shape index (κ2) is 5.64. The first-order valence-corrected chi connectivity index (χ1v) is 5.78. The van der Waals surface area contributed by atoms with E-state index in [0.717, 1.165) is 0 Å². The van der Waals surface area contributed by atoms with Crippen molar-refractivity contribution < 1.29 is 19.1 Å². The number of rotatable bonds is 2.